The molecule has 0 saturated heterocycles. The van der Waals surface area contributed by atoms with Gasteiger partial charge in [0.2, 0.25) is 5.94 Å². The zero-order valence-corrected chi connectivity index (χ0v) is 14.3. The third-order valence-corrected chi connectivity index (χ3v) is 4.75. The van der Waals surface area contributed by atoms with Gasteiger partial charge in [-0.15, -0.1) is 0 Å². The number of hydrogen-bond acceptors (Lipinski definition) is 2. The van der Waals surface area contributed by atoms with Gasteiger partial charge in [-0.2, -0.15) is 0 Å². The monoisotopic (exact) mass is 290 g/mol. The molecule has 0 heterocycles. The highest BCUT2D eigenvalue weighted by atomic mass is 32.2. The van der Waals surface area contributed by atoms with Crippen molar-refractivity contribution in [1.29, 1.82) is 0 Å². The fraction of sp³-hybridized carbons (Fsp3) is 1.00. The minimum Gasteiger partial charge on any atom is -0.615 e. The fourth-order valence-electron chi connectivity index (χ4n) is 2.24. The molecule has 0 spiro atoms. The van der Waals surface area contributed by atoms with Crippen molar-refractivity contribution in [3.05, 3.63) is 0 Å². The second-order valence-electron chi connectivity index (χ2n) is 5.71. The van der Waals surface area contributed by atoms with E-state index in [1.54, 1.807) is 0 Å². The van der Waals surface area contributed by atoms with Crippen LogP contribution in [0.3, 0.4) is 0 Å². The number of unbranched alkanes of at least 4 members (excludes halogenated alkanes) is 5. The van der Waals surface area contributed by atoms with E-state index in [0.717, 1.165) is 12.8 Å². The van der Waals surface area contributed by atoms with Crippen LogP contribution >= 0.6 is 0 Å². The van der Waals surface area contributed by atoms with Crippen molar-refractivity contribution in [3.63, 3.8) is 0 Å². The lowest BCUT2D eigenvalue weighted by molar-refractivity contribution is -0.0235. The fourth-order valence-corrected chi connectivity index (χ4v) is 2.82. The van der Waals surface area contributed by atoms with Crippen molar-refractivity contribution in [1.82, 2.24) is 0 Å². The van der Waals surface area contributed by atoms with E-state index in [9.17, 15) is 4.55 Å². The summed E-state index contributed by atoms with van der Waals surface area (Å²) in [7, 11) is 0. The second-order valence-corrected chi connectivity index (χ2v) is 7.40. The Morgan fingerprint density at radius 2 is 1.42 bits per heavy atom. The zero-order chi connectivity index (χ0) is 14.6. The summed E-state index contributed by atoms with van der Waals surface area (Å²) in [5, 5.41) is 0. The summed E-state index contributed by atoms with van der Waals surface area (Å²) in [6, 6.07) is 0. The highest BCUT2D eigenvalue weighted by Crippen LogP contribution is 2.27. The van der Waals surface area contributed by atoms with Crippen LogP contribution in [-0.4, -0.2) is 21.8 Å². The molecule has 0 aromatic heterocycles. The molecule has 0 aliphatic heterocycles. The largest absolute Gasteiger partial charge is 0.615 e. The Hall–Kier alpha value is 0.270. The Bertz CT molecular complexity index is 199. The van der Waals surface area contributed by atoms with Gasteiger partial charge in [-0.05, 0) is 37.9 Å². The molecule has 2 unspecified atom stereocenters. The van der Waals surface area contributed by atoms with E-state index in [2.05, 4.69) is 20.8 Å². The van der Waals surface area contributed by atoms with E-state index in [-0.39, 0.29) is 5.60 Å². The quantitative estimate of drug-likeness (QED) is 0.351. The summed E-state index contributed by atoms with van der Waals surface area (Å²) in [5.74, 6) is 1.10. The Morgan fingerprint density at radius 3 is 1.95 bits per heavy atom. The third-order valence-electron chi connectivity index (χ3n) is 3.73. The minimum atomic E-state index is -0.812. The standard InChI is InChI=1S/C16H34O2S/c1-5-8-10-12-14-16(4,13-11-9-6-2)18-15-19(17)7-3/h5-15H2,1-4H3. The van der Waals surface area contributed by atoms with Crippen LogP contribution in [0.4, 0.5) is 0 Å². The van der Waals surface area contributed by atoms with Crippen molar-refractivity contribution >= 4 is 11.2 Å². The van der Waals surface area contributed by atoms with Gasteiger partial charge in [0, 0.05) is 0 Å². The SMILES string of the molecule is CCCCCCC(C)(CCCCC)OC[S+]([O-])CC. The zero-order valence-electron chi connectivity index (χ0n) is 13.5. The lowest BCUT2D eigenvalue weighted by atomic mass is 9.91. The Labute approximate surface area is 123 Å². The Morgan fingerprint density at radius 1 is 0.895 bits per heavy atom. The predicted molar refractivity (Wildman–Crippen MR) is 85.9 cm³/mol. The first-order valence-corrected chi connectivity index (χ1v) is 9.55. The van der Waals surface area contributed by atoms with Crippen LogP contribution in [-0.2, 0) is 15.9 Å². The molecular weight excluding hydrogens is 256 g/mol. The molecule has 0 amide bonds. The van der Waals surface area contributed by atoms with Gasteiger partial charge < -0.3 is 9.29 Å². The molecule has 116 valence electrons. The van der Waals surface area contributed by atoms with Crippen molar-refractivity contribution in [2.75, 3.05) is 11.7 Å². The minimum absolute atomic E-state index is 0.0618. The van der Waals surface area contributed by atoms with Crippen LogP contribution in [0.1, 0.15) is 85.5 Å². The molecule has 0 aliphatic carbocycles. The summed E-state index contributed by atoms with van der Waals surface area (Å²) in [6.07, 6.45) is 11.1. The molecule has 0 N–H and O–H groups in total. The maximum Gasteiger partial charge on any atom is 0.206 e. The lowest BCUT2D eigenvalue weighted by Crippen LogP contribution is -2.31. The molecule has 0 bridgehead atoms. The van der Waals surface area contributed by atoms with Crippen LogP contribution in [0, 0.1) is 0 Å². The highest BCUT2D eigenvalue weighted by molar-refractivity contribution is 7.91. The lowest BCUT2D eigenvalue weighted by Gasteiger charge is -2.30. The maximum atomic E-state index is 11.6. The van der Waals surface area contributed by atoms with Crippen LogP contribution in [0.25, 0.3) is 0 Å². The van der Waals surface area contributed by atoms with Crippen LogP contribution in [0.5, 0.6) is 0 Å². The van der Waals surface area contributed by atoms with E-state index in [4.69, 9.17) is 4.74 Å². The van der Waals surface area contributed by atoms with Gasteiger partial charge in [-0.1, -0.05) is 58.8 Å². The number of ether oxygens (including phenoxy) is 1. The van der Waals surface area contributed by atoms with E-state index in [1.807, 2.05) is 6.92 Å². The summed E-state index contributed by atoms with van der Waals surface area (Å²) in [6.45, 7) is 8.63. The highest BCUT2D eigenvalue weighted by Gasteiger charge is 2.25. The van der Waals surface area contributed by atoms with Crippen LogP contribution < -0.4 is 0 Å². The van der Waals surface area contributed by atoms with Gasteiger partial charge in [0.05, 0.1) is 5.60 Å². The molecule has 0 aromatic rings. The first kappa shape index (κ1) is 19.3. The Balaban J connectivity index is 4.10. The van der Waals surface area contributed by atoms with Crippen molar-refractivity contribution < 1.29 is 9.29 Å². The van der Waals surface area contributed by atoms with Crippen molar-refractivity contribution in [2.24, 2.45) is 0 Å². The second kappa shape index (κ2) is 12.0. The van der Waals surface area contributed by atoms with Crippen LogP contribution in [0.2, 0.25) is 0 Å². The third kappa shape index (κ3) is 10.7. The number of hydrogen-bond donors (Lipinski definition) is 0. The summed E-state index contributed by atoms with van der Waals surface area (Å²) >= 11 is -0.812. The van der Waals surface area contributed by atoms with Gasteiger partial charge in [0.15, 0.2) is 0 Å². The first-order chi connectivity index (χ1) is 9.08. The summed E-state index contributed by atoms with van der Waals surface area (Å²) < 4.78 is 17.6. The van der Waals surface area contributed by atoms with Gasteiger partial charge >= 0.3 is 0 Å². The molecule has 19 heavy (non-hydrogen) atoms. The summed E-state index contributed by atoms with van der Waals surface area (Å²) in [5.41, 5.74) is -0.0618. The molecule has 0 fully saturated rings. The topological polar surface area (TPSA) is 32.3 Å². The molecule has 0 rings (SSSR count). The molecule has 3 heteroatoms. The molecule has 2 nitrogen and oxygen atoms in total. The molecule has 2 atom stereocenters. The normalized spacial score (nSPS) is 16.3. The first-order valence-electron chi connectivity index (χ1n) is 8.07. The summed E-state index contributed by atoms with van der Waals surface area (Å²) in [4.78, 5) is 0. The van der Waals surface area contributed by atoms with Crippen molar-refractivity contribution in [2.45, 2.75) is 91.1 Å². The average molecular weight is 291 g/mol. The smallest absolute Gasteiger partial charge is 0.206 e. The van der Waals surface area contributed by atoms with Gasteiger partial charge in [0.1, 0.15) is 5.75 Å². The Kier molecular flexibility index (Phi) is 12.2. The van der Waals surface area contributed by atoms with E-state index >= 15 is 0 Å². The van der Waals surface area contributed by atoms with Crippen LogP contribution in [0.15, 0.2) is 0 Å². The molecule has 0 saturated carbocycles. The molecule has 0 aliphatic rings. The van der Waals surface area contributed by atoms with Gasteiger partial charge in [-0.25, -0.2) is 0 Å². The van der Waals surface area contributed by atoms with Crippen molar-refractivity contribution in [3.8, 4) is 0 Å². The molecular formula is C16H34O2S. The predicted octanol–water partition coefficient (Wildman–Crippen LogP) is 5.04. The van der Waals surface area contributed by atoms with E-state index < -0.39 is 11.2 Å². The average Bonchev–Trinajstić information content (AvgIpc) is 2.41. The maximum absolute atomic E-state index is 11.6. The van der Waals surface area contributed by atoms with E-state index in [0.29, 0.717) is 11.7 Å². The van der Waals surface area contributed by atoms with E-state index in [1.165, 1.54) is 44.9 Å². The molecule has 0 aromatic carbocycles. The molecule has 0 radical (unpaired) electrons. The van der Waals surface area contributed by atoms with Gasteiger partial charge in [0.25, 0.3) is 0 Å². The van der Waals surface area contributed by atoms with Gasteiger partial charge in [-0.3, -0.25) is 0 Å². The number of rotatable bonds is 13.